The van der Waals surface area contributed by atoms with Gasteiger partial charge in [-0.1, -0.05) is 24.3 Å². The van der Waals surface area contributed by atoms with Crippen molar-refractivity contribution in [2.45, 2.75) is 20.4 Å². The maximum absolute atomic E-state index is 14.0. The Morgan fingerprint density at radius 2 is 1.64 bits per heavy atom. The summed E-state index contributed by atoms with van der Waals surface area (Å²) in [6, 6.07) is 13.3. The van der Waals surface area contributed by atoms with Gasteiger partial charge in [0.05, 0.1) is 11.9 Å². The summed E-state index contributed by atoms with van der Waals surface area (Å²) < 4.78 is 38.8. The third kappa shape index (κ3) is 5.69. The van der Waals surface area contributed by atoms with Gasteiger partial charge in [0.15, 0.2) is 0 Å². The molecular weight excluding hydrogens is 381 g/mol. The molecule has 28 heavy (non-hydrogen) atoms. The maximum Gasteiger partial charge on any atom is 0.241 e. The number of benzene rings is 2. The number of rotatable bonds is 9. The van der Waals surface area contributed by atoms with Gasteiger partial charge in [-0.3, -0.25) is 9.10 Å². The van der Waals surface area contributed by atoms with E-state index < -0.39 is 28.3 Å². The number of carbonyl (C=O) groups excluding carboxylic acids is 1. The van der Waals surface area contributed by atoms with Crippen LogP contribution in [0.15, 0.2) is 48.5 Å². The van der Waals surface area contributed by atoms with Gasteiger partial charge in [0.1, 0.15) is 12.4 Å². The molecule has 2 aromatic rings. The first-order valence-electron chi connectivity index (χ1n) is 9.09. The van der Waals surface area contributed by atoms with E-state index in [-0.39, 0.29) is 12.2 Å². The predicted octanol–water partition coefficient (Wildman–Crippen LogP) is 2.75. The van der Waals surface area contributed by atoms with Gasteiger partial charge in [0.25, 0.3) is 0 Å². The summed E-state index contributed by atoms with van der Waals surface area (Å²) in [5.41, 5.74) is 1.84. The van der Waals surface area contributed by atoms with E-state index in [2.05, 4.69) is 24.1 Å². The average molecular weight is 408 g/mol. The minimum atomic E-state index is -3.81. The lowest BCUT2D eigenvalue weighted by Gasteiger charge is -2.22. The summed E-state index contributed by atoms with van der Waals surface area (Å²) in [6.45, 7) is 5.75. The maximum atomic E-state index is 14.0. The molecular formula is C20H26FN3O3S. The van der Waals surface area contributed by atoms with E-state index in [4.69, 9.17) is 0 Å². The summed E-state index contributed by atoms with van der Waals surface area (Å²) in [4.78, 5) is 14.5. The third-order valence-corrected chi connectivity index (χ3v) is 5.49. The zero-order chi connectivity index (χ0) is 20.7. The molecule has 2 aromatic carbocycles. The van der Waals surface area contributed by atoms with Crippen molar-refractivity contribution in [3.8, 4) is 0 Å². The van der Waals surface area contributed by atoms with E-state index in [0.717, 1.165) is 41.0 Å². The Bertz CT molecular complexity index is 897. The minimum Gasteiger partial charge on any atom is -0.372 e. The number of anilines is 2. The van der Waals surface area contributed by atoms with Crippen LogP contribution in [0.4, 0.5) is 15.8 Å². The van der Waals surface area contributed by atoms with E-state index in [0.29, 0.717) is 0 Å². The van der Waals surface area contributed by atoms with Crippen LogP contribution in [0.1, 0.15) is 19.4 Å². The summed E-state index contributed by atoms with van der Waals surface area (Å²) >= 11 is 0. The summed E-state index contributed by atoms with van der Waals surface area (Å²) in [6.07, 6.45) is 0.943. The average Bonchev–Trinajstić information content (AvgIpc) is 2.66. The molecule has 0 aliphatic heterocycles. The summed E-state index contributed by atoms with van der Waals surface area (Å²) in [7, 11) is -3.81. The van der Waals surface area contributed by atoms with Gasteiger partial charge in [-0.05, 0) is 43.7 Å². The lowest BCUT2D eigenvalue weighted by Crippen LogP contribution is -2.40. The summed E-state index contributed by atoms with van der Waals surface area (Å²) in [5, 5.41) is 2.69. The fourth-order valence-electron chi connectivity index (χ4n) is 2.84. The molecule has 1 N–H and O–H groups in total. The van der Waals surface area contributed by atoms with Gasteiger partial charge in [0, 0.05) is 25.3 Å². The zero-order valence-electron chi connectivity index (χ0n) is 16.4. The highest BCUT2D eigenvalue weighted by Gasteiger charge is 2.23. The fraction of sp³-hybridized carbons (Fsp3) is 0.350. The van der Waals surface area contributed by atoms with E-state index in [1.807, 2.05) is 24.3 Å². The lowest BCUT2D eigenvalue weighted by molar-refractivity contribution is -0.119. The second-order valence-corrected chi connectivity index (χ2v) is 8.24. The van der Waals surface area contributed by atoms with Crippen LogP contribution in [0.3, 0.4) is 0 Å². The number of sulfonamides is 1. The molecule has 0 spiro atoms. The van der Waals surface area contributed by atoms with Crippen LogP contribution >= 0.6 is 0 Å². The second kappa shape index (κ2) is 9.54. The number of nitrogens with zero attached hydrogens (tertiary/aromatic N) is 2. The van der Waals surface area contributed by atoms with Crippen LogP contribution in [-0.2, 0) is 21.4 Å². The first-order chi connectivity index (χ1) is 13.3. The highest BCUT2D eigenvalue weighted by molar-refractivity contribution is 7.92. The SMILES string of the molecule is CCN(CC)c1ccc(CNC(=O)CN(c2ccccc2F)S(C)(=O)=O)cc1. The van der Waals surface area contributed by atoms with Gasteiger partial charge in [-0.2, -0.15) is 0 Å². The number of hydrogen-bond donors (Lipinski definition) is 1. The highest BCUT2D eigenvalue weighted by Crippen LogP contribution is 2.21. The van der Waals surface area contributed by atoms with Crippen molar-refractivity contribution in [3.63, 3.8) is 0 Å². The first-order valence-corrected chi connectivity index (χ1v) is 10.9. The molecule has 0 saturated heterocycles. The normalized spacial score (nSPS) is 11.1. The Balaban J connectivity index is 2.03. The monoisotopic (exact) mass is 407 g/mol. The Labute approximate surface area is 166 Å². The topological polar surface area (TPSA) is 69.7 Å². The van der Waals surface area contributed by atoms with Crippen LogP contribution in [0.5, 0.6) is 0 Å². The van der Waals surface area contributed by atoms with Crippen molar-refractivity contribution >= 4 is 27.3 Å². The molecule has 8 heteroatoms. The Hall–Kier alpha value is -2.61. The van der Waals surface area contributed by atoms with Crippen molar-refractivity contribution in [3.05, 3.63) is 59.9 Å². The van der Waals surface area contributed by atoms with Crippen LogP contribution in [0.25, 0.3) is 0 Å². The molecule has 152 valence electrons. The molecule has 0 aliphatic rings. The summed E-state index contributed by atoms with van der Waals surface area (Å²) in [5.74, 6) is -1.21. The van der Waals surface area contributed by atoms with Crippen molar-refractivity contribution < 1.29 is 17.6 Å². The lowest BCUT2D eigenvalue weighted by atomic mass is 10.2. The minimum absolute atomic E-state index is 0.149. The van der Waals surface area contributed by atoms with Crippen LogP contribution < -0.4 is 14.5 Å². The molecule has 0 radical (unpaired) electrons. The molecule has 2 rings (SSSR count). The van der Waals surface area contributed by atoms with Gasteiger partial charge < -0.3 is 10.2 Å². The number of carbonyl (C=O) groups is 1. The molecule has 0 bridgehead atoms. The number of nitrogens with one attached hydrogen (secondary N) is 1. The van der Waals surface area contributed by atoms with Crippen LogP contribution in [0, 0.1) is 5.82 Å². The molecule has 0 atom stereocenters. The first kappa shape index (κ1) is 21.7. The second-order valence-electron chi connectivity index (χ2n) is 6.34. The van der Waals surface area contributed by atoms with Crippen LogP contribution in [-0.4, -0.2) is 40.2 Å². The predicted molar refractivity (Wildman–Crippen MR) is 110 cm³/mol. The fourth-order valence-corrected chi connectivity index (χ4v) is 3.69. The third-order valence-electron chi connectivity index (χ3n) is 4.36. The Morgan fingerprint density at radius 3 is 2.18 bits per heavy atom. The van der Waals surface area contributed by atoms with Crippen LogP contribution in [0.2, 0.25) is 0 Å². The van der Waals surface area contributed by atoms with Crippen molar-refractivity contribution in [2.75, 3.05) is 35.1 Å². The molecule has 6 nitrogen and oxygen atoms in total. The molecule has 1 amide bonds. The molecule has 0 saturated carbocycles. The number of hydrogen-bond acceptors (Lipinski definition) is 4. The molecule has 0 heterocycles. The standard InChI is InChI=1S/C20H26FN3O3S/c1-4-23(5-2)17-12-10-16(11-13-17)14-22-20(25)15-24(28(3,26)27)19-9-7-6-8-18(19)21/h6-13H,4-5,14-15H2,1-3H3,(H,22,25). The van der Waals surface area contributed by atoms with E-state index in [1.54, 1.807) is 0 Å². The molecule has 0 unspecified atom stereocenters. The van der Waals surface area contributed by atoms with Crippen molar-refractivity contribution in [1.29, 1.82) is 0 Å². The molecule has 0 aliphatic carbocycles. The smallest absolute Gasteiger partial charge is 0.241 e. The quantitative estimate of drug-likeness (QED) is 0.694. The van der Waals surface area contributed by atoms with E-state index >= 15 is 0 Å². The highest BCUT2D eigenvalue weighted by atomic mass is 32.2. The van der Waals surface area contributed by atoms with E-state index in [9.17, 15) is 17.6 Å². The number of amides is 1. The van der Waals surface area contributed by atoms with E-state index in [1.165, 1.54) is 18.2 Å². The largest absolute Gasteiger partial charge is 0.372 e. The Kier molecular flexibility index (Phi) is 7.39. The number of para-hydroxylation sites is 1. The van der Waals surface area contributed by atoms with Gasteiger partial charge in [-0.25, -0.2) is 12.8 Å². The molecule has 0 aromatic heterocycles. The van der Waals surface area contributed by atoms with Crippen molar-refractivity contribution in [1.82, 2.24) is 5.32 Å². The Morgan fingerprint density at radius 1 is 1.04 bits per heavy atom. The van der Waals surface area contributed by atoms with Gasteiger partial charge in [-0.15, -0.1) is 0 Å². The number of halogens is 1. The van der Waals surface area contributed by atoms with Gasteiger partial charge >= 0.3 is 0 Å². The van der Waals surface area contributed by atoms with Gasteiger partial charge in [0.2, 0.25) is 15.9 Å². The molecule has 0 fully saturated rings. The zero-order valence-corrected chi connectivity index (χ0v) is 17.2. The van der Waals surface area contributed by atoms with Crippen molar-refractivity contribution in [2.24, 2.45) is 0 Å².